The van der Waals surface area contributed by atoms with Crippen LogP contribution in [0.25, 0.3) is 0 Å². The number of rotatable bonds is 4. The van der Waals surface area contributed by atoms with Gasteiger partial charge >= 0.3 is 0 Å². The summed E-state index contributed by atoms with van der Waals surface area (Å²) in [5.41, 5.74) is 8.05. The molecule has 2 aromatic rings. The molecule has 0 spiro atoms. The molecule has 2 unspecified atom stereocenters. The van der Waals surface area contributed by atoms with E-state index in [4.69, 9.17) is 15.2 Å². The van der Waals surface area contributed by atoms with Crippen LogP contribution < -0.4 is 15.2 Å². The van der Waals surface area contributed by atoms with Crippen molar-refractivity contribution >= 4 is 5.91 Å². The first-order chi connectivity index (χ1) is 12.1. The molecule has 1 aliphatic heterocycles. The Bertz CT molecular complexity index is 733. The van der Waals surface area contributed by atoms with E-state index in [-0.39, 0.29) is 17.9 Å². The Hall–Kier alpha value is -2.53. The maximum Gasteiger partial charge on any atom is 0.253 e. The maximum atomic E-state index is 12.8. The van der Waals surface area contributed by atoms with Crippen LogP contribution >= 0.6 is 0 Å². The standard InChI is InChI=1S/C20H24N2O3/c1-24-18-9-8-15(11-19(18)25-2)16-10-17(21)13-22(12-16)20(23)14-6-4-3-5-7-14/h3-9,11,16-17H,10,12-13,21H2,1-2H3. The van der Waals surface area contributed by atoms with Crippen molar-refractivity contribution in [3.63, 3.8) is 0 Å². The molecule has 5 heteroatoms. The normalized spacial score (nSPS) is 20.2. The predicted molar refractivity (Wildman–Crippen MR) is 97.2 cm³/mol. The van der Waals surface area contributed by atoms with E-state index >= 15 is 0 Å². The van der Waals surface area contributed by atoms with Crippen molar-refractivity contribution < 1.29 is 14.3 Å². The van der Waals surface area contributed by atoms with Crippen LogP contribution in [0.15, 0.2) is 48.5 Å². The predicted octanol–water partition coefficient (Wildman–Crippen LogP) is 2.66. The average molecular weight is 340 g/mol. The summed E-state index contributed by atoms with van der Waals surface area (Å²) in [5.74, 6) is 1.60. The molecule has 0 radical (unpaired) electrons. The molecule has 1 fully saturated rings. The molecule has 3 rings (SSSR count). The molecule has 1 amide bonds. The van der Waals surface area contributed by atoms with E-state index < -0.39 is 0 Å². The highest BCUT2D eigenvalue weighted by atomic mass is 16.5. The molecule has 25 heavy (non-hydrogen) atoms. The van der Waals surface area contributed by atoms with E-state index in [1.165, 1.54) is 0 Å². The Morgan fingerprint density at radius 2 is 1.76 bits per heavy atom. The molecule has 5 nitrogen and oxygen atoms in total. The number of amides is 1. The van der Waals surface area contributed by atoms with Gasteiger partial charge in [0.05, 0.1) is 14.2 Å². The van der Waals surface area contributed by atoms with Gasteiger partial charge < -0.3 is 20.1 Å². The fourth-order valence-electron chi connectivity index (χ4n) is 3.42. The Kier molecular flexibility index (Phi) is 5.24. The highest BCUT2D eigenvalue weighted by molar-refractivity contribution is 5.94. The number of hydrogen-bond acceptors (Lipinski definition) is 4. The smallest absolute Gasteiger partial charge is 0.253 e. The van der Waals surface area contributed by atoms with E-state index in [0.29, 0.717) is 30.2 Å². The van der Waals surface area contributed by atoms with E-state index in [2.05, 4.69) is 0 Å². The number of carbonyl (C=O) groups is 1. The van der Waals surface area contributed by atoms with Gasteiger partial charge in [0.15, 0.2) is 11.5 Å². The molecule has 1 saturated heterocycles. The van der Waals surface area contributed by atoms with Crippen molar-refractivity contribution in [3.8, 4) is 11.5 Å². The number of methoxy groups -OCH3 is 2. The van der Waals surface area contributed by atoms with Gasteiger partial charge in [0.25, 0.3) is 5.91 Å². The van der Waals surface area contributed by atoms with Crippen molar-refractivity contribution in [1.82, 2.24) is 4.90 Å². The summed E-state index contributed by atoms with van der Waals surface area (Å²) in [5, 5.41) is 0. The van der Waals surface area contributed by atoms with E-state index in [0.717, 1.165) is 12.0 Å². The number of hydrogen-bond donors (Lipinski definition) is 1. The third-order valence-corrected chi connectivity index (χ3v) is 4.67. The second kappa shape index (κ2) is 7.57. The van der Waals surface area contributed by atoms with Crippen LogP contribution in [0.1, 0.15) is 28.3 Å². The third-order valence-electron chi connectivity index (χ3n) is 4.67. The van der Waals surface area contributed by atoms with Crippen LogP contribution in [0.3, 0.4) is 0 Å². The molecule has 0 aromatic heterocycles. The van der Waals surface area contributed by atoms with Crippen LogP contribution in [-0.2, 0) is 0 Å². The van der Waals surface area contributed by atoms with Gasteiger partial charge in [0, 0.05) is 30.6 Å². The zero-order chi connectivity index (χ0) is 17.8. The number of piperidine rings is 1. The fraction of sp³-hybridized carbons (Fsp3) is 0.350. The van der Waals surface area contributed by atoms with Crippen molar-refractivity contribution in [2.24, 2.45) is 5.73 Å². The van der Waals surface area contributed by atoms with Gasteiger partial charge in [-0.25, -0.2) is 0 Å². The molecule has 0 bridgehead atoms. The summed E-state index contributed by atoms with van der Waals surface area (Å²) < 4.78 is 10.7. The largest absolute Gasteiger partial charge is 0.493 e. The van der Waals surface area contributed by atoms with Crippen LogP contribution in [0.4, 0.5) is 0 Å². The molecular weight excluding hydrogens is 316 g/mol. The summed E-state index contributed by atoms with van der Waals surface area (Å²) in [6, 6.07) is 15.2. The molecule has 0 saturated carbocycles. The van der Waals surface area contributed by atoms with Crippen molar-refractivity contribution in [1.29, 1.82) is 0 Å². The number of nitrogens with two attached hydrogens (primary N) is 1. The quantitative estimate of drug-likeness (QED) is 0.929. The van der Waals surface area contributed by atoms with Gasteiger partial charge in [-0.2, -0.15) is 0 Å². The molecule has 0 aliphatic carbocycles. The average Bonchev–Trinajstić information content (AvgIpc) is 2.67. The van der Waals surface area contributed by atoms with E-state index in [9.17, 15) is 4.79 Å². The van der Waals surface area contributed by atoms with Gasteiger partial charge in [0.2, 0.25) is 0 Å². The molecule has 2 N–H and O–H groups in total. The molecule has 1 heterocycles. The van der Waals surface area contributed by atoms with Crippen molar-refractivity contribution in [3.05, 3.63) is 59.7 Å². The highest BCUT2D eigenvalue weighted by Crippen LogP contribution is 2.34. The Balaban J connectivity index is 1.82. The Morgan fingerprint density at radius 3 is 2.44 bits per heavy atom. The summed E-state index contributed by atoms with van der Waals surface area (Å²) >= 11 is 0. The van der Waals surface area contributed by atoms with Crippen molar-refractivity contribution in [2.45, 2.75) is 18.4 Å². The SMILES string of the molecule is COc1ccc(C2CC(N)CN(C(=O)c3ccccc3)C2)cc1OC. The first kappa shape index (κ1) is 17.3. The second-order valence-corrected chi connectivity index (χ2v) is 6.38. The number of ether oxygens (including phenoxy) is 2. The Labute approximate surface area is 148 Å². The van der Waals surface area contributed by atoms with Gasteiger partial charge in [-0.3, -0.25) is 4.79 Å². The number of benzene rings is 2. The lowest BCUT2D eigenvalue weighted by molar-refractivity contribution is 0.0689. The monoisotopic (exact) mass is 340 g/mol. The Morgan fingerprint density at radius 1 is 1.04 bits per heavy atom. The van der Waals surface area contributed by atoms with Gasteiger partial charge in [-0.05, 0) is 36.2 Å². The number of carbonyl (C=O) groups excluding carboxylic acids is 1. The van der Waals surface area contributed by atoms with E-state index in [1.54, 1.807) is 14.2 Å². The van der Waals surface area contributed by atoms with Gasteiger partial charge in [-0.15, -0.1) is 0 Å². The van der Waals surface area contributed by atoms with Gasteiger partial charge in [-0.1, -0.05) is 24.3 Å². The number of nitrogens with zero attached hydrogens (tertiary/aromatic N) is 1. The maximum absolute atomic E-state index is 12.8. The molecular formula is C20H24N2O3. The van der Waals surface area contributed by atoms with E-state index in [1.807, 2.05) is 53.4 Å². The lowest BCUT2D eigenvalue weighted by atomic mass is 9.88. The summed E-state index contributed by atoms with van der Waals surface area (Å²) in [7, 11) is 3.24. The third kappa shape index (κ3) is 3.77. The molecule has 1 aliphatic rings. The van der Waals surface area contributed by atoms with Crippen LogP contribution in [0.2, 0.25) is 0 Å². The lowest BCUT2D eigenvalue weighted by Gasteiger charge is -2.36. The lowest BCUT2D eigenvalue weighted by Crippen LogP contribution is -2.48. The number of likely N-dealkylation sites (tertiary alicyclic amines) is 1. The van der Waals surface area contributed by atoms with Crippen LogP contribution in [0, 0.1) is 0 Å². The minimum atomic E-state index is -0.0421. The van der Waals surface area contributed by atoms with Crippen molar-refractivity contribution in [2.75, 3.05) is 27.3 Å². The topological polar surface area (TPSA) is 64.8 Å². The minimum absolute atomic E-state index is 0.0289. The molecule has 132 valence electrons. The minimum Gasteiger partial charge on any atom is -0.493 e. The highest BCUT2D eigenvalue weighted by Gasteiger charge is 2.30. The fourth-order valence-corrected chi connectivity index (χ4v) is 3.42. The summed E-state index contributed by atoms with van der Waals surface area (Å²) in [6.45, 7) is 1.23. The summed E-state index contributed by atoms with van der Waals surface area (Å²) in [6.07, 6.45) is 0.841. The first-order valence-electron chi connectivity index (χ1n) is 8.44. The zero-order valence-corrected chi connectivity index (χ0v) is 14.6. The molecule has 2 aromatic carbocycles. The molecule has 2 atom stereocenters. The summed E-state index contributed by atoms with van der Waals surface area (Å²) in [4.78, 5) is 14.6. The van der Waals surface area contributed by atoms with Gasteiger partial charge in [0.1, 0.15) is 0 Å². The first-order valence-corrected chi connectivity index (χ1v) is 8.44. The van der Waals surface area contributed by atoms with Crippen LogP contribution in [-0.4, -0.2) is 44.2 Å². The second-order valence-electron chi connectivity index (χ2n) is 6.38. The van der Waals surface area contributed by atoms with Crippen LogP contribution in [0.5, 0.6) is 11.5 Å². The zero-order valence-electron chi connectivity index (χ0n) is 14.6.